The quantitative estimate of drug-likeness (QED) is 0.0346. The molecule has 0 saturated heterocycles. The third-order valence-electron chi connectivity index (χ3n) is 13.0. The van der Waals surface area contributed by atoms with E-state index in [-0.39, 0.29) is 25.2 Å². The number of hydrogen-bond donors (Lipinski definition) is 0. The molecule has 0 spiro atoms. The fraction of sp³-hybridized carbons (Fsp3) is 0.898. The maximum Gasteiger partial charge on any atom is 0.306 e. The molecule has 5 nitrogen and oxygen atoms in total. The van der Waals surface area contributed by atoms with Crippen LogP contribution in [0.3, 0.4) is 0 Å². The van der Waals surface area contributed by atoms with Crippen molar-refractivity contribution < 1.29 is 23.8 Å². The number of rotatable bonds is 54. The summed E-state index contributed by atoms with van der Waals surface area (Å²) in [6.07, 6.45) is 66.2. The molecule has 0 heterocycles. The fourth-order valence-electron chi connectivity index (χ4n) is 8.66. The second-order valence-electron chi connectivity index (χ2n) is 19.6. The first-order chi connectivity index (χ1) is 31.6. The standard InChI is InChI=1S/C59H112O5/c1-4-7-10-13-16-19-22-25-28-30-32-34-37-40-43-46-49-52-58(60)63-56-57(55-62-54-51-48-45-42-39-36-33-29-26-23-20-17-14-11-8-5-2)64-59(61)53-50-47-44-41-38-35-31-27-24-21-18-15-12-9-6-3/h17,20,26,29,57H,4-16,18-19,21-25,27-28,30-56H2,1-3H3/b20-17-,29-26-. The lowest BCUT2D eigenvalue weighted by Gasteiger charge is -2.18. The van der Waals surface area contributed by atoms with Crippen LogP contribution in [-0.2, 0) is 23.8 Å². The number of allylic oxidation sites excluding steroid dienone is 4. The summed E-state index contributed by atoms with van der Waals surface area (Å²) in [6, 6.07) is 0. The molecule has 0 aromatic heterocycles. The first-order valence-electron chi connectivity index (χ1n) is 28.9. The van der Waals surface area contributed by atoms with Gasteiger partial charge in [0.1, 0.15) is 6.61 Å². The number of carbonyl (C=O) groups is 2. The van der Waals surface area contributed by atoms with Gasteiger partial charge in [0, 0.05) is 19.4 Å². The van der Waals surface area contributed by atoms with Crippen LogP contribution in [0.25, 0.3) is 0 Å². The summed E-state index contributed by atoms with van der Waals surface area (Å²) in [7, 11) is 0. The van der Waals surface area contributed by atoms with Gasteiger partial charge < -0.3 is 14.2 Å². The molecule has 0 aliphatic carbocycles. The van der Waals surface area contributed by atoms with Crippen LogP contribution in [0.15, 0.2) is 24.3 Å². The molecule has 64 heavy (non-hydrogen) atoms. The maximum absolute atomic E-state index is 12.8. The van der Waals surface area contributed by atoms with Gasteiger partial charge in [-0.2, -0.15) is 0 Å². The van der Waals surface area contributed by atoms with Crippen LogP contribution in [0.4, 0.5) is 0 Å². The van der Waals surface area contributed by atoms with Gasteiger partial charge in [0.2, 0.25) is 0 Å². The molecule has 0 N–H and O–H groups in total. The van der Waals surface area contributed by atoms with Crippen molar-refractivity contribution >= 4 is 11.9 Å². The summed E-state index contributed by atoms with van der Waals surface area (Å²) in [6.45, 7) is 7.85. The Balaban J connectivity index is 4.23. The molecule has 1 atom stereocenters. The van der Waals surface area contributed by atoms with Gasteiger partial charge in [0.15, 0.2) is 6.10 Å². The van der Waals surface area contributed by atoms with E-state index in [0.29, 0.717) is 19.4 Å². The lowest BCUT2D eigenvalue weighted by Crippen LogP contribution is -2.30. The average molecular weight is 902 g/mol. The minimum Gasteiger partial charge on any atom is -0.462 e. The lowest BCUT2D eigenvalue weighted by atomic mass is 10.0. The third-order valence-corrected chi connectivity index (χ3v) is 13.0. The summed E-state index contributed by atoms with van der Waals surface area (Å²) in [5.41, 5.74) is 0. The van der Waals surface area contributed by atoms with Gasteiger partial charge in [0.05, 0.1) is 6.61 Å². The molecule has 0 aromatic carbocycles. The van der Waals surface area contributed by atoms with Gasteiger partial charge in [0.25, 0.3) is 0 Å². The number of esters is 2. The van der Waals surface area contributed by atoms with E-state index in [0.717, 1.165) is 44.9 Å². The Morgan fingerprint density at radius 2 is 0.656 bits per heavy atom. The first kappa shape index (κ1) is 62.4. The van der Waals surface area contributed by atoms with Crippen molar-refractivity contribution in [2.24, 2.45) is 0 Å². The summed E-state index contributed by atoms with van der Waals surface area (Å²) in [5.74, 6) is -0.379. The zero-order valence-electron chi connectivity index (χ0n) is 43.6. The van der Waals surface area contributed by atoms with Gasteiger partial charge in [-0.15, -0.1) is 0 Å². The largest absolute Gasteiger partial charge is 0.462 e. The van der Waals surface area contributed by atoms with Gasteiger partial charge in [-0.05, 0) is 51.4 Å². The average Bonchev–Trinajstić information content (AvgIpc) is 3.30. The van der Waals surface area contributed by atoms with Crippen molar-refractivity contribution in [2.45, 2.75) is 322 Å². The lowest BCUT2D eigenvalue weighted by molar-refractivity contribution is -0.163. The Kier molecular flexibility index (Phi) is 54.3. The Hall–Kier alpha value is -1.62. The van der Waals surface area contributed by atoms with Crippen LogP contribution in [-0.4, -0.2) is 37.9 Å². The molecular weight excluding hydrogens is 789 g/mol. The Morgan fingerprint density at radius 1 is 0.344 bits per heavy atom. The predicted octanol–water partition coefficient (Wildman–Crippen LogP) is 19.6. The van der Waals surface area contributed by atoms with Gasteiger partial charge >= 0.3 is 11.9 Å². The van der Waals surface area contributed by atoms with E-state index in [1.165, 1.54) is 238 Å². The van der Waals surface area contributed by atoms with Gasteiger partial charge in [-0.1, -0.05) is 276 Å². The first-order valence-corrected chi connectivity index (χ1v) is 28.9. The second kappa shape index (κ2) is 55.7. The molecule has 0 fully saturated rings. The highest BCUT2D eigenvalue weighted by Gasteiger charge is 2.17. The second-order valence-corrected chi connectivity index (χ2v) is 19.6. The maximum atomic E-state index is 12.8. The Labute approximate surface area is 400 Å². The molecule has 1 unspecified atom stereocenters. The molecule has 0 aliphatic heterocycles. The van der Waals surface area contributed by atoms with Crippen LogP contribution in [0.5, 0.6) is 0 Å². The van der Waals surface area contributed by atoms with Crippen LogP contribution in [0.2, 0.25) is 0 Å². The van der Waals surface area contributed by atoms with Crippen molar-refractivity contribution in [2.75, 3.05) is 19.8 Å². The fourth-order valence-corrected chi connectivity index (χ4v) is 8.66. The van der Waals surface area contributed by atoms with E-state index >= 15 is 0 Å². The molecule has 0 aliphatic rings. The molecule has 0 bridgehead atoms. The molecule has 0 amide bonds. The highest BCUT2D eigenvalue weighted by atomic mass is 16.6. The molecule has 0 aromatic rings. The molecule has 0 saturated carbocycles. The van der Waals surface area contributed by atoms with E-state index in [9.17, 15) is 9.59 Å². The van der Waals surface area contributed by atoms with Crippen LogP contribution >= 0.6 is 0 Å². The van der Waals surface area contributed by atoms with Crippen LogP contribution < -0.4 is 0 Å². The zero-order valence-corrected chi connectivity index (χ0v) is 43.6. The molecule has 0 rings (SSSR count). The number of ether oxygens (including phenoxy) is 3. The normalized spacial score (nSPS) is 12.2. The topological polar surface area (TPSA) is 61.8 Å². The summed E-state index contributed by atoms with van der Waals surface area (Å²) >= 11 is 0. The van der Waals surface area contributed by atoms with E-state index in [4.69, 9.17) is 14.2 Å². The number of unbranched alkanes of at least 4 members (excludes halogenated alkanes) is 39. The molecule has 5 heteroatoms. The summed E-state index contributed by atoms with van der Waals surface area (Å²) in [4.78, 5) is 25.5. The molecule has 0 radical (unpaired) electrons. The third kappa shape index (κ3) is 53.0. The highest BCUT2D eigenvalue weighted by molar-refractivity contribution is 5.70. The van der Waals surface area contributed by atoms with E-state index in [1.54, 1.807) is 0 Å². The van der Waals surface area contributed by atoms with Gasteiger partial charge in [-0.25, -0.2) is 0 Å². The minimum atomic E-state index is -0.534. The zero-order chi connectivity index (χ0) is 46.3. The van der Waals surface area contributed by atoms with E-state index in [1.807, 2.05) is 0 Å². The van der Waals surface area contributed by atoms with E-state index in [2.05, 4.69) is 45.1 Å². The SMILES string of the molecule is CCCCC/C=C\C/C=C\CCCCCCCCOCC(COC(=O)CCCCCCCCCCCCCCCCCCC)OC(=O)CCCCCCCCCCCCCCCCC. The summed E-state index contributed by atoms with van der Waals surface area (Å²) in [5, 5.41) is 0. The van der Waals surface area contributed by atoms with Crippen molar-refractivity contribution in [1.29, 1.82) is 0 Å². The highest BCUT2D eigenvalue weighted by Crippen LogP contribution is 2.17. The predicted molar refractivity (Wildman–Crippen MR) is 279 cm³/mol. The molecule has 378 valence electrons. The van der Waals surface area contributed by atoms with Gasteiger partial charge in [-0.3, -0.25) is 9.59 Å². The number of hydrogen-bond acceptors (Lipinski definition) is 5. The number of carbonyl (C=O) groups excluding carboxylic acids is 2. The van der Waals surface area contributed by atoms with Crippen molar-refractivity contribution in [3.63, 3.8) is 0 Å². The molecular formula is C59H112O5. The Bertz CT molecular complexity index is 974. The van der Waals surface area contributed by atoms with Crippen LogP contribution in [0.1, 0.15) is 316 Å². The van der Waals surface area contributed by atoms with Crippen molar-refractivity contribution in [1.82, 2.24) is 0 Å². The van der Waals surface area contributed by atoms with E-state index < -0.39 is 6.10 Å². The Morgan fingerprint density at radius 3 is 1.06 bits per heavy atom. The van der Waals surface area contributed by atoms with Crippen molar-refractivity contribution in [3.8, 4) is 0 Å². The van der Waals surface area contributed by atoms with Crippen LogP contribution in [0, 0.1) is 0 Å². The summed E-state index contributed by atoms with van der Waals surface area (Å²) < 4.78 is 17.5. The smallest absolute Gasteiger partial charge is 0.306 e. The monoisotopic (exact) mass is 901 g/mol. The van der Waals surface area contributed by atoms with Crippen molar-refractivity contribution in [3.05, 3.63) is 24.3 Å². The minimum absolute atomic E-state index is 0.0894.